The number of ether oxygens (including phenoxy) is 1. The fourth-order valence-corrected chi connectivity index (χ4v) is 3.44. The number of hydrogen-bond donors (Lipinski definition) is 1. The van der Waals surface area contributed by atoms with Crippen LogP contribution in [-0.4, -0.2) is 56.2 Å². The van der Waals surface area contributed by atoms with Crippen molar-refractivity contribution in [3.05, 3.63) is 59.7 Å². The molecular formula is C23H28N4O2. The quantitative estimate of drug-likeness (QED) is 0.784. The number of para-hydroxylation sites is 1. The molecule has 29 heavy (non-hydrogen) atoms. The summed E-state index contributed by atoms with van der Waals surface area (Å²) in [6, 6.07) is 17.6. The van der Waals surface area contributed by atoms with Crippen LogP contribution in [0, 0.1) is 18.3 Å². The van der Waals surface area contributed by atoms with E-state index in [1.54, 1.807) is 31.2 Å². The second-order valence-electron chi connectivity index (χ2n) is 7.33. The number of rotatable bonds is 7. The Labute approximate surface area is 172 Å². The lowest BCUT2D eigenvalue weighted by atomic mass is 10.2. The van der Waals surface area contributed by atoms with Gasteiger partial charge in [-0.25, -0.2) is 0 Å². The fraction of sp³-hybridized carbons (Fsp3) is 0.391. The van der Waals surface area contributed by atoms with Crippen molar-refractivity contribution in [2.24, 2.45) is 0 Å². The standard InChI is InChI=1S/C23H28N4O2/c1-18-6-5-8-21(16-18)27-14-12-26(13-15-27)11-10-25-23(28)19(2)29-22-9-4-3-7-20(22)17-24/h3-9,16,19H,10-15H2,1-2H3,(H,25,28). The number of nitrogens with one attached hydrogen (secondary N) is 1. The normalized spacial score (nSPS) is 15.4. The lowest BCUT2D eigenvalue weighted by Crippen LogP contribution is -2.49. The Morgan fingerprint density at radius 3 is 2.66 bits per heavy atom. The molecule has 1 fully saturated rings. The zero-order valence-corrected chi connectivity index (χ0v) is 17.1. The van der Waals surface area contributed by atoms with Crippen LogP contribution in [0.3, 0.4) is 0 Å². The molecule has 1 amide bonds. The monoisotopic (exact) mass is 392 g/mol. The summed E-state index contributed by atoms with van der Waals surface area (Å²) in [7, 11) is 0. The summed E-state index contributed by atoms with van der Waals surface area (Å²) in [5.41, 5.74) is 2.99. The number of carbonyl (C=O) groups is 1. The first-order valence-corrected chi connectivity index (χ1v) is 10.0. The summed E-state index contributed by atoms with van der Waals surface area (Å²) in [5, 5.41) is 12.1. The van der Waals surface area contributed by atoms with E-state index in [-0.39, 0.29) is 5.91 Å². The molecule has 2 aromatic carbocycles. The van der Waals surface area contributed by atoms with Crippen molar-refractivity contribution in [3.63, 3.8) is 0 Å². The first-order valence-electron chi connectivity index (χ1n) is 10.0. The zero-order chi connectivity index (χ0) is 20.6. The van der Waals surface area contributed by atoms with E-state index in [9.17, 15) is 4.79 Å². The van der Waals surface area contributed by atoms with Gasteiger partial charge in [0.15, 0.2) is 6.10 Å². The van der Waals surface area contributed by atoms with Gasteiger partial charge in [0, 0.05) is 45.0 Å². The third-order valence-corrected chi connectivity index (χ3v) is 5.15. The summed E-state index contributed by atoms with van der Waals surface area (Å²) >= 11 is 0. The van der Waals surface area contributed by atoms with Crippen LogP contribution in [0.4, 0.5) is 5.69 Å². The van der Waals surface area contributed by atoms with E-state index < -0.39 is 6.10 Å². The van der Waals surface area contributed by atoms with E-state index in [0.29, 0.717) is 17.9 Å². The maximum Gasteiger partial charge on any atom is 0.260 e. The highest BCUT2D eigenvalue weighted by atomic mass is 16.5. The summed E-state index contributed by atoms with van der Waals surface area (Å²) in [6.45, 7) is 9.14. The van der Waals surface area contributed by atoms with E-state index in [2.05, 4.69) is 52.4 Å². The molecule has 1 atom stereocenters. The first-order chi connectivity index (χ1) is 14.1. The van der Waals surface area contributed by atoms with Crippen molar-refractivity contribution in [1.29, 1.82) is 5.26 Å². The van der Waals surface area contributed by atoms with Crippen LogP contribution in [-0.2, 0) is 4.79 Å². The summed E-state index contributed by atoms with van der Waals surface area (Å²) in [5.74, 6) is 0.265. The van der Waals surface area contributed by atoms with Gasteiger partial charge >= 0.3 is 0 Å². The third kappa shape index (κ3) is 5.72. The highest BCUT2D eigenvalue weighted by Gasteiger charge is 2.19. The molecule has 1 N–H and O–H groups in total. The molecular weight excluding hydrogens is 364 g/mol. The van der Waals surface area contributed by atoms with Crippen LogP contribution in [0.1, 0.15) is 18.1 Å². The fourth-order valence-electron chi connectivity index (χ4n) is 3.44. The van der Waals surface area contributed by atoms with E-state index in [1.165, 1.54) is 11.3 Å². The molecule has 0 spiro atoms. The van der Waals surface area contributed by atoms with E-state index >= 15 is 0 Å². The lowest BCUT2D eigenvalue weighted by molar-refractivity contribution is -0.127. The molecule has 3 rings (SSSR count). The van der Waals surface area contributed by atoms with Crippen LogP contribution < -0.4 is 15.0 Å². The van der Waals surface area contributed by atoms with Gasteiger partial charge in [-0.2, -0.15) is 5.26 Å². The number of nitrogens with zero attached hydrogens (tertiary/aromatic N) is 3. The van der Waals surface area contributed by atoms with Gasteiger partial charge in [-0.15, -0.1) is 0 Å². The number of nitriles is 1. The van der Waals surface area contributed by atoms with Crippen molar-refractivity contribution in [2.75, 3.05) is 44.2 Å². The Balaban J connectivity index is 1.39. The van der Waals surface area contributed by atoms with Crippen LogP contribution in [0.2, 0.25) is 0 Å². The molecule has 0 saturated carbocycles. The Morgan fingerprint density at radius 1 is 1.17 bits per heavy atom. The van der Waals surface area contributed by atoms with Gasteiger partial charge in [-0.05, 0) is 43.7 Å². The van der Waals surface area contributed by atoms with Gasteiger partial charge in [0.05, 0.1) is 5.56 Å². The smallest absolute Gasteiger partial charge is 0.260 e. The largest absolute Gasteiger partial charge is 0.480 e. The Bertz CT molecular complexity index is 869. The average molecular weight is 393 g/mol. The topological polar surface area (TPSA) is 68.6 Å². The maximum atomic E-state index is 12.3. The molecule has 0 aliphatic carbocycles. The van der Waals surface area contributed by atoms with Gasteiger partial charge < -0.3 is 15.0 Å². The average Bonchev–Trinajstić information content (AvgIpc) is 2.74. The summed E-state index contributed by atoms with van der Waals surface area (Å²) < 4.78 is 5.66. The molecule has 1 heterocycles. The number of benzene rings is 2. The molecule has 0 radical (unpaired) electrons. The Morgan fingerprint density at radius 2 is 1.93 bits per heavy atom. The summed E-state index contributed by atoms with van der Waals surface area (Å²) in [6.07, 6.45) is -0.650. The SMILES string of the molecule is Cc1cccc(N2CCN(CCNC(=O)C(C)Oc3ccccc3C#N)CC2)c1. The minimum atomic E-state index is -0.650. The minimum Gasteiger partial charge on any atom is -0.480 e. The van der Waals surface area contributed by atoms with Crippen LogP contribution in [0.25, 0.3) is 0 Å². The zero-order valence-electron chi connectivity index (χ0n) is 17.1. The Hall–Kier alpha value is -3.04. The van der Waals surface area contributed by atoms with E-state index in [0.717, 1.165) is 32.7 Å². The number of carbonyl (C=O) groups excluding carboxylic acids is 1. The summed E-state index contributed by atoms with van der Waals surface area (Å²) in [4.78, 5) is 17.1. The van der Waals surface area contributed by atoms with Gasteiger partial charge in [0.1, 0.15) is 11.8 Å². The van der Waals surface area contributed by atoms with Crippen LogP contribution in [0.15, 0.2) is 48.5 Å². The minimum absolute atomic E-state index is 0.170. The number of piperazine rings is 1. The van der Waals surface area contributed by atoms with Gasteiger partial charge in [0.25, 0.3) is 5.91 Å². The van der Waals surface area contributed by atoms with E-state index in [4.69, 9.17) is 10.00 Å². The first kappa shape index (κ1) is 20.7. The van der Waals surface area contributed by atoms with Gasteiger partial charge in [0.2, 0.25) is 0 Å². The molecule has 152 valence electrons. The number of anilines is 1. The molecule has 1 unspecified atom stereocenters. The molecule has 0 aromatic heterocycles. The van der Waals surface area contributed by atoms with Crippen LogP contribution >= 0.6 is 0 Å². The Kier molecular flexibility index (Phi) is 7.09. The molecule has 6 nitrogen and oxygen atoms in total. The van der Waals surface area contributed by atoms with Crippen molar-refractivity contribution >= 4 is 11.6 Å². The number of amides is 1. The molecule has 1 saturated heterocycles. The van der Waals surface area contributed by atoms with Crippen molar-refractivity contribution < 1.29 is 9.53 Å². The lowest BCUT2D eigenvalue weighted by Gasteiger charge is -2.36. The predicted octanol–water partition coefficient (Wildman–Crippen LogP) is 2.57. The van der Waals surface area contributed by atoms with Crippen LogP contribution in [0.5, 0.6) is 5.75 Å². The third-order valence-electron chi connectivity index (χ3n) is 5.15. The van der Waals surface area contributed by atoms with E-state index in [1.807, 2.05) is 0 Å². The second kappa shape index (κ2) is 9.94. The predicted molar refractivity (Wildman–Crippen MR) is 114 cm³/mol. The highest BCUT2D eigenvalue weighted by Crippen LogP contribution is 2.19. The van der Waals surface area contributed by atoms with Gasteiger partial charge in [-0.3, -0.25) is 9.69 Å². The van der Waals surface area contributed by atoms with Crippen molar-refractivity contribution in [1.82, 2.24) is 10.2 Å². The van der Waals surface area contributed by atoms with Crippen molar-refractivity contribution in [3.8, 4) is 11.8 Å². The second-order valence-corrected chi connectivity index (χ2v) is 7.33. The molecule has 1 aliphatic heterocycles. The maximum absolute atomic E-state index is 12.3. The van der Waals surface area contributed by atoms with Crippen molar-refractivity contribution in [2.45, 2.75) is 20.0 Å². The molecule has 2 aromatic rings. The number of aryl methyl sites for hydroxylation is 1. The molecule has 6 heteroatoms. The molecule has 0 bridgehead atoms. The number of hydrogen-bond acceptors (Lipinski definition) is 5. The molecule has 1 aliphatic rings. The highest BCUT2D eigenvalue weighted by molar-refractivity contribution is 5.80. The van der Waals surface area contributed by atoms with Gasteiger partial charge in [-0.1, -0.05) is 24.3 Å².